The number of piperidine rings is 1. The summed E-state index contributed by atoms with van der Waals surface area (Å²) >= 11 is 24.5. The molecule has 1 heterocycles. The zero-order valence-corrected chi connectivity index (χ0v) is 17.0. The Kier molecular flexibility index (Phi) is 6.70. The summed E-state index contributed by atoms with van der Waals surface area (Å²) in [6.07, 6.45) is 1.78. The van der Waals surface area contributed by atoms with Gasteiger partial charge in [-0.15, -0.1) is 0 Å². The van der Waals surface area contributed by atoms with Crippen molar-refractivity contribution in [2.24, 2.45) is 5.92 Å². The van der Waals surface area contributed by atoms with Crippen molar-refractivity contribution in [1.29, 1.82) is 0 Å². The van der Waals surface area contributed by atoms with Crippen molar-refractivity contribution in [3.05, 3.63) is 62.1 Å². The highest BCUT2D eigenvalue weighted by atomic mass is 35.5. The molecular weight excluding hydrogens is 414 g/mol. The van der Waals surface area contributed by atoms with Crippen LogP contribution in [0.4, 0.5) is 5.69 Å². The molecule has 3 rings (SSSR count). The fourth-order valence-corrected chi connectivity index (χ4v) is 4.23. The minimum Gasteiger partial charge on any atom is -0.326 e. The Morgan fingerprint density at radius 2 is 1.73 bits per heavy atom. The summed E-state index contributed by atoms with van der Waals surface area (Å²) in [5.74, 6) is -0.138. The van der Waals surface area contributed by atoms with Crippen molar-refractivity contribution in [2.45, 2.75) is 19.4 Å². The zero-order valence-electron chi connectivity index (χ0n) is 13.9. The smallest absolute Gasteiger partial charge is 0.228 e. The van der Waals surface area contributed by atoms with E-state index in [-0.39, 0.29) is 11.8 Å². The summed E-state index contributed by atoms with van der Waals surface area (Å²) in [5.41, 5.74) is 1.51. The molecule has 0 saturated carbocycles. The van der Waals surface area contributed by atoms with Gasteiger partial charge in [0.1, 0.15) is 0 Å². The molecule has 0 aromatic heterocycles. The summed E-state index contributed by atoms with van der Waals surface area (Å²) in [6, 6.07) is 10.5. The number of halogens is 4. The first-order valence-electron chi connectivity index (χ1n) is 8.34. The van der Waals surface area contributed by atoms with E-state index in [2.05, 4.69) is 10.2 Å². The lowest BCUT2D eigenvalue weighted by atomic mass is 9.96. The predicted molar refractivity (Wildman–Crippen MR) is 110 cm³/mol. The molecule has 1 amide bonds. The molecule has 2 aromatic carbocycles. The van der Waals surface area contributed by atoms with Gasteiger partial charge in [0.05, 0.1) is 5.92 Å². The number of amides is 1. The van der Waals surface area contributed by atoms with Crippen LogP contribution in [-0.2, 0) is 11.3 Å². The first-order valence-corrected chi connectivity index (χ1v) is 9.86. The van der Waals surface area contributed by atoms with Gasteiger partial charge in [0, 0.05) is 44.4 Å². The number of carbonyl (C=O) groups is 1. The quantitative estimate of drug-likeness (QED) is 0.629. The topological polar surface area (TPSA) is 32.3 Å². The maximum atomic E-state index is 12.6. The molecule has 0 aliphatic carbocycles. The van der Waals surface area contributed by atoms with Crippen LogP contribution in [0.2, 0.25) is 20.1 Å². The molecule has 1 aliphatic rings. The van der Waals surface area contributed by atoms with Gasteiger partial charge in [-0.25, -0.2) is 0 Å². The second-order valence-electron chi connectivity index (χ2n) is 6.42. The van der Waals surface area contributed by atoms with Crippen molar-refractivity contribution < 1.29 is 4.79 Å². The molecule has 1 N–H and O–H groups in total. The molecule has 3 nitrogen and oxygen atoms in total. The van der Waals surface area contributed by atoms with Crippen LogP contribution >= 0.6 is 46.4 Å². The number of benzene rings is 2. The highest BCUT2D eigenvalue weighted by Gasteiger charge is 2.26. The van der Waals surface area contributed by atoms with Crippen LogP contribution in [0, 0.1) is 5.92 Å². The maximum absolute atomic E-state index is 12.6. The van der Waals surface area contributed by atoms with Crippen LogP contribution in [0.25, 0.3) is 0 Å². The molecule has 138 valence electrons. The van der Waals surface area contributed by atoms with E-state index < -0.39 is 0 Å². The number of hydrogen-bond donors (Lipinski definition) is 1. The minimum absolute atomic E-state index is 0.0294. The van der Waals surface area contributed by atoms with Gasteiger partial charge in [-0.1, -0.05) is 52.5 Å². The fourth-order valence-electron chi connectivity index (χ4n) is 3.19. The number of rotatable bonds is 4. The third kappa shape index (κ3) is 5.05. The highest BCUT2D eigenvalue weighted by Crippen LogP contribution is 2.28. The largest absolute Gasteiger partial charge is 0.326 e. The average Bonchev–Trinajstić information content (AvgIpc) is 2.57. The molecule has 0 radical (unpaired) electrons. The molecule has 0 bridgehead atoms. The first kappa shape index (κ1) is 19.8. The Balaban J connectivity index is 1.65. The molecule has 1 unspecified atom stereocenters. The molecular formula is C19H18Cl4N2O. The molecule has 1 atom stereocenters. The van der Waals surface area contributed by atoms with Crippen molar-refractivity contribution in [2.75, 3.05) is 18.4 Å². The summed E-state index contributed by atoms with van der Waals surface area (Å²) in [5, 5.41) is 5.20. The van der Waals surface area contributed by atoms with Crippen molar-refractivity contribution in [1.82, 2.24) is 4.90 Å². The maximum Gasteiger partial charge on any atom is 0.228 e. The third-order valence-corrected chi connectivity index (χ3v) is 5.59. The summed E-state index contributed by atoms with van der Waals surface area (Å²) in [6.45, 7) is 2.20. The van der Waals surface area contributed by atoms with Crippen LogP contribution in [0.3, 0.4) is 0 Å². The highest BCUT2D eigenvalue weighted by molar-refractivity contribution is 6.36. The van der Waals surface area contributed by atoms with Crippen molar-refractivity contribution in [3.63, 3.8) is 0 Å². The number of nitrogens with one attached hydrogen (secondary N) is 1. The van der Waals surface area contributed by atoms with Crippen LogP contribution < -0.4 is 5.32 Å². The fraction of sp³-hybridized carbons (Fsp3) is 0.316. The first-order chi connectivity index (χ1) is 12.4. The van der Waals surface area contributed by atoms with E-state index in [1.165, 1.54) is 0 Å². The molecule has 7 heteroatoms. The molecule has 0 spiro atoms. The second-order valence-corrected chi connectivity index (χ2v) is 8.11. The van der Waals surface area contributed by atoms with Gasteiger partial charge in [0.2, 0.25) is 5.91 Å². The van der Waals surface area contributed by atoms with Gasteiger partial charge in [-0.05, 0) is 49.7 Å². The van der Waals surface area contributed by atoms with E-state index in [0.29, 0.717) is 38.9 Å². The molecule has 1 aliphatic heterocycles. The molecule has 26 heavy (non-hydrogen) atoms. The van der Waals surface area contributed by atoms with E-state index in [1.54, 1.807) is 18.2 Å². The summed E-state index contributed by atoms with van der Waals surface area (Å²) < 4.78 is 0. The lowest BCUT2D eigenvalue weighted by Gasteiger charge is -2.32. The summed E-state index contributed by atoms with van der Waals surface area (Å²) in [4.78, 5) is 14.9. The Labute approximate surface area is 173 Å². The van der Waals surface area contributed by atoms with E-state index in [0.717, 1.165) is 24.9 Å². The van der Waals surface area contributed by atoms with Crippen LogP contribution in [0.15, 0.2) is 36.4 Å². The van der Waals surface area contributed by atoms with Gasteiger partial charge >= 0.3 is 0 Å². The van der Waals surface area contributed by atoms with Crippen molar-refractivity contribution in [3.8, 4) is 0 Å². The Hall–Kier alpha value is -0.970. The molecule has 1 saturated heterocycles. The van der Waals surface area contributed by atoms with Gasteiger partial charge in [0.25, 0.3) is 0 Å². The minimum atomic E-state index is -0.109. The van der Waals surface area contributed by atoms with E-state index in [9.17, 15) is 4.79 Å². The van der Waals surface area contributed by atoms with E-state index >= 15 is 0 Å². The Morgan fingerprint density at radius 3 is 2.38 bits per heavy atom. The van der Waals surface area contributed by atoms with Gasteiger partial charge in [-0.2, -0.15) is 0 Å². The van der Waals surface area contributed by atoms with Gasteiger partial charge in [-0.3, -0.25) is 9.69 Å². The second kappa shape index (κ2) is 8.81. The zero-order chi connectivity index (χ0) is 18.7. The number of anilines is 1. The summed E-state index contributed by atoms with van der Waals surface area (Å²) in [7, 11) is 0. The number of nitrogens with zero attached hydrogens (tertiary/aromatic N) is 1. The number of carbonyl (C=O) groups excluding carboxylic acids is 1. The van der Waals surface area contributed by atoms with Crippen LogP contribution in [0.1, 0.15) is 18.4 Å². The number of likely N-dealkylation sites (tertiary alicyclic amines) is 1. The molecule has 1 fully saturated rings. The van der Waals surface area contributed by atoms with Crippen molar-refractivity contribution >= 4 is 58.0 Å². The lowest BCUT2D eigenvalue weighted by Crippen LogP contribution is -2.40. The SMILES string of the molecule is O=C(Nc1cc(Cl)cc(Cl)c1)C1CCCN(Cc2c(Cl)cccc2Cl)C1. The standard InChI is InChI=1S/C19H18Cl4N2O/c20-13-7-14(21)9-15(8-13)24-19(26)12-3-2-6-25(10-12)11-16-17(22)4-1-5-18(16)23/h1,4-5,7-9,12H,2-3,6,10-11H2,(H,24,26). The monoisotopic (exact) mass is 430 g/mol. The average molecular weight is 432 g/mol. The van der Waals surface area contributed by atoms with Gasteiger partial charge < -0.3 is 5.32 Å². The lowest BCUT2D eigenvalue weighted by molar-refractivity contribution is -0.121. The normalized spacial score (nSPS) is 17.9. The third-order valence-electron chi connectivity index (χ3n) is 4.45. The predicted octanol–water partition coefficient (Wildman–Crippen LogP) is 6.15. The van der Waals surface area contributed by atoms with E-state index in [4.69, 9.17) is 46.4 Å². The van der Waals surface area contributed by atoms with Crippen LogP contribution in [-0.4, -0.2) is 23.9 Å². The molecule has 2 aromatic rings. The van der Waals surface area contributed by atoms with E-state index in [1.807, 2.05) is 18.2 Å². The Bertz CT molecular complexity index is 772. The van der Waals surface area contributed by atoms with Gasteiger partial charge in [0.15, 0.2) is 0 Å². The van der Waals surface area contributed by atoms with Crippen LogP contribution in [0.5, 0.6) is 0 Å². The Morgan fingerprint density at radius 1 is 1.08 bits per heavy atom. The number of hydrogen-bond acceptors (Lipinski definition) is 2.